The van der Waals surface area contributed by atoms with Crippen LogP contribution in [0.25, 0.3) is 11.0 Å². The number of aryl methyl sites for hydroxylation is 3. The molecule has 0 spiro atoms. The third-order valence-corrected chi connectivity index (χ3v) is 3.85. The number of aromatic nitrogens is 4. The molecule has 0 fully saturated rings. The quantitative estimate of drug-likeness (QED) is 0.580. The Labute approximate surface area is 137 Å². The third-order valence-electron chi connectivity index (χ3n) is 3.85. The zero-order valence-corrected chi connectivity index (χ0v) is 13.5. The van der Waals surface area contributed by atoms with Crippen LogP contribution in [-0.2, 0) is 11.2 Å². The van der Waals surface area contributed by atoms with Gasteiger partial charge in [0.1, 0.15) is 0 Å². The van der Waals surface area contributed by atoms with Crippen LogP contribution in [-0.4, -0.2) is 36.1 Å². The Morgan fingerprint density at radius 1 is 1.17 bits per heavy atom. The molecular formula is C16H17N5O3. The molecule has 2 heterocycles. The van der Waals surface area contributed by atoms with E-state index in [0.717, 1.165) is 22.2 Å². The average Bonchev–Trinajstić information content (AvgIpc) is 2.84. The van der Waals surface area contributed by atoms with Crippen LogP contribution in [0, 0.1) is 20.8 Å². The summed E-state index contributed by atoms with van der Waals surface area (Å²) in [7, 11) is 0. The molecule has 24 heavy (non-hydrogen) atoms. The maximum Gasteiger partial charge on any atom is 0.308 e. The molecule has 3 rings (SSSR count). The summed E-state index contributed by atoms with van der Waals surface area (Å²) < 4.78 is 0. The second-order valence-corrected chi connectivity index (χ2v) is 5.67. The normalized spacial score (nSPS) is 11.0. The summed E-state index contributed by atoms with van der Waals surface area (Å²) in [6.07, 6.45) is -0.332. The van der Waals surface area contributed by atoms with Crippen LogP contribution in [0.2, 0.25) is 0 Å². The van der Waals surface area contributed by atoms with Gasteiger partial charge in [-0.2, -0.15) is 4.98 Å². The molecule has 2 aromatic heterocycles. The van der Waals surface area contributed by atoms with Crippen molar-refractivity contribution >= 4 is 28.9 Å². The number of hydrogen-bond donors (Lipinski definition) is 4. The van der Waals surface area contributed by atoms with Gasteiger partial charge in [-0.15, -0.1) is 0 Å². The first-order chi connectivity index (χ1) is 11.3. The van der Waals surface area contributed by atoms with Crippen molar-refractivity contribution in [3.05, 3.63) is 34.5 Å². The highest BCUT2D eigenvalue weighted by molar-refractivity contribution is 5.80. The fourth-order valence-corrected chi connectivity index (χ4v) is 2.43. The summed E-state index contributed by atoms with van der Waals surface area (Å²) in [6, 6.07) is 3.98. The Morgan fingerprint density at radius 3 is 2.54 bits per heavy atom. The molecule has 0 saturated carbocycles. The third kappa shape index (κ3) is 2.98. The van der Waals surface area contributed by atoms with Gasteiger partial charge in [0.05, 0.1) is 23.1 Å². The van der Waals surface area contributed by atoms with Crippen LogP contribution < -0.4 is 5.32 Å². The summed E-state index contributed by atoms with van der Waals surface area (Å²) in [5, 5.41) is 21.7. The fraction of sp³-hybridized carbons (Fsp3) is 0.250. The number of aromatic hydroxyl groups is 1. The first kappa shape index (κ1) is 15.7. The standard InChI is InChI=1S/C16H17N5O3/c1-7-4-11-12(5-8(7)2)19-16(18-11)21-15-17-9(3)10(6-13(22)23)14(24)20-15/h4-5H,6H2,1-3H3,(H,22,23)(H3,17,18,19,20,21,24). The van der Waals surface area contributed by atoms with E-state index in [2.05, 4.69) is 25.3 Å². The number of carbonyl (C=O) groups is 1. The van der Waals surface area contributed by atoms with Crippen LogP contribution in [0.1, 0.15) is 22.4 Å². The zero-order chi connectivity index (χ0) is 17.4. The lowest BCUT2D eigenvalue weighted by molar-refractivity contribution is -0.136. The smallest absolute Gasteiger partial charge is 0.308 e. The molecule has 0 aliphatic rings. The fourth-order valence-electron chi connectivity index (χ4n) is 2.43. The summed E-state index contributed by atoms with van der Waals surface area (Å²) in [5.41, 5.74) is 4.58. The van der Waals surface area contributed by atoms with E-state index >= 15 is 0 Å². The number of H-pyrrole nitrogens is 1. The van der Waals surface area contributed by atoms with Crippen LogP contribution in [0.5, 0.6) is 5.88 Å². The van der Waals surface area contributed by atoms with E-state index in [-0.39, 0.29) is 23.8 Å². The van der Waals surface area contributed by atoms with E-state index in [9.17, 15) is 9.90 Å². The van der Waals surface area contributed by atoms with E-state index < -0.39 is 5.97 Å². The topological polar surface area (TPSA) is 124 Å². The molecule has 0 aliphatic heterocycles. The summed E-state index contributed by atoms with van der Waals surface area (Å²) >= 11 is 0. The van der Waals surface area contributed by atoms with Gasteiger partial charge in [0, 0.05) is 5.56 Å². The van der Waals surface area contributed by atoms with Gasteiger partial charge in [-0.25, -0.2) is 9.97 Å². The lowest BCUT2D eigenvalue weighted by Gasteiger charge is -2.07. The van der Waals surface area contributed by atoms with E-state index in [1.807, 2.05) is 26.0 Å². The highest BCUT2D eigenvalue weighted by Gasteiger charge is 2.15. The van der Waals surface area contributed by atoms with Gasteiger partial charge < -0.3 is 15.2 Å². The number of nitrogens with one attached hydrogen (secondary N) is 2. The maximum absolute atomic E-state index is 10.8. The number of benzene rings is 1. The van der Waals surface area contributed by atoms with Crippen molar-refractivity contribution in [3.8, 4) is 5.88 Å². The van der Waals surface area contributed by atoms with E-state index in [1.165, 1.54) is 0 Å². The molecule has 0 bridgehead atoms. The number of carboxylic acids is 1. The van der Waals surface area contributed by atoms with Crippen LogP contribution in [0.4, 0.5) is 11.9 Å². The van der Waals surface area contributed by atoms with Gasteiger partial charge in [0.25, 0.3) is 0 Å². The molecule has 0 atom stereocenters. The Hall–Kier alpha value is -3.16. The molecule has 8 nitrogen and oxygen atoms in total. The first-order valence-corrected chi connectivity index (χ1v) is 7.35. The molecule has 0 saturated heterocycles. The van der Waals surface area contributed by atoms with Crippen molar-refractivity contribution in [3.63, 3.8) is 0 Å². The summed E-state index contributed by atoms with van der Waals surface area (Å²) in [5.74, 6) is -0.817. The molecule has 8 heteroatoms. The minimum absolute atomic E-state index is 0.145. The second kappa shape index (κ2) is 5.80. The molecular weight excluding hydrogens is 310 g/mol. The number of fused-ring (bicyclic) bond motifs is 1. The van der Waals surface area contributed by atoms with Crippen LogP contribution in [0.15, 0.2) is 12.1 Å². The Kier molecular flexibility index (Phi) is 3.80. The summed E-state index contributed by atoms with van der Waals surface area (Å²) in [4.78, 5) is 26.4. The Bertz CT molecular complexity index is 886. The average molecular weight is 327 g/mol. The van der Waals surface area contributed by atoms with Crippen LogP contribution in [0.3, 0.4) is 0 Å². The molecule has 3 aromatic rings. The van der Waals surface area contributed by atoms with Crippen molar-refractivity contribution < 1.29 is 15.0 Å². The second-order valence-electron chi connectivity index (χ2n) is 5.67. The number of imidazole rings is 1. The number of anilines is 2. The number of carboxylic acid groups (broad SMARTS) is 1. The van der Waals surface area contributed by atoms with Crippen LogP contribution >= 0.6 is 0 Å². The molecule has 0 unspecified atom stereocenters. The molecule has 0 radical (unpaired) electrons. The molecule has 0 amide bonds. The largest absolute Gasteiger partial charge is 0.493 e. The number of nitrogens with zero attached hydrogens (tertiary/aromatic N) is 3. The molecule has 124 valence electrons. The lowest BCUT2D eigenvalue weighted by Crippen LogP contribution is -2.07. The van der Waals surface area contributed by atoms with Crippen molar-refractivity contribution in [2.75, 3.05) is 5.32 Å². The first-order valence-electron chi connectivity index (χ1n) is 7.35. The predicted molar refractivity (Wildman–Crippen MR) is 88.6 cm³/mol. The number of aliphatic carboxylic acids is 1. The zero-order valence-electron chi connectivity index (χ0n) is 13.5. The Balaban J connectivity index is 1.92. The monoisotopic (exact) mass is 327 g/mol. The van der Waals surface area contributed by atoms with Gasteiger partial charge in [-0.3, -0.25) is 10.1 Å². The van der Waals surface area contributed by atoms with Gasteiger partial charge >= 0.3 is 5.97 Å². The van der Waals surface area contributed by atoms with Gasteiger partial charge in [-0.05, 0) is 44.0 Å². The van der Waals surface area contributed by atoms with Gasteiger partial charge in [-0.1, -0.05) is 0 Å². The van der Waals surface area contributed by atoms with Crippen molar-refractivity contribution in [2.24, 2.45) is 0 Å². The number of hydrogen-bond acceptors (Lipinski definition) is 6. The lowest BCUT2D eigenvalue weighted by atomic mass is 10.1. The number of aromatic amines is 1. The summed E-state index contributed by atoms with van der Waals surface area (Å²) in [6.45, 7) is 5.66. The van der Waals surface area contributed by atoms with Gasteiger partial charge in [0.15, 0.2) is 0 Å². The SMILES string of the molecule is Cc1cc2nc(Nc3nc(C)c(CC(=O)O)c(O)n3)[nH]c2cc1C. The minimum atomic E-state index is -1.05. The molecule has 0 aliphatic carbocycles. The van der Waals surface area contributed by atoms with E-state index in [1.54, 1.807) is 6.92 Å². The Morgan fingerprint density at radius 2 is 1.88 bits per heavy atom. The van der Waals surface area contributed by atoms with E-state index in [0.29, 0.717) is 11.6 Å². The van der Waals surface area contributed by atoms with Crippen molar-refractivity contribution in [1.29, 1.82) is 0 Å². The van der Waals surface area contributed by atoms with Gasteiger partial charge in [0.2, 0.25) is 17.8 Å². The minimum Gasteiger partial charge on any atom is -0.493 e. The number of rotatable bonds is 4. The maximum atomic E-state index is 10.8. The van der Waals surface area contributed by atoms with E-state index in [4.69, 9.17) is 5.11 Å². The molecule has 4 N–H and O–H groups in total. The van der Waals surface area contributed by atoms with Crippen molar-refractivity contribution in [2.45, 2.75) is 27.2 Å². The predicted octanol–water partition coefficient (Wildman–Crippen LogP) is 2.35. The molecule has 1 aromatic carbocycles. The highest BCUT2D eigenvalue weighted by Crippen LogP contribution is 2.23. The highest BCUT2D eigenvalue weighted by atomic mass is 16.4. The van der Waals surface area contributed by atoms with Crippen molar-refractivity contribution in [1.82, 2.24) is 19.9 Å².